The van der Waals surface area contributed by atoms with Crippen LogP contribution in [0.25, 0.3) is 0 Å². The molecule has 0 spiro atoms. The van der Waals surface area contributed by atoms with Crippen molar-refractivity contribution in [2.45, 2.75) is 45.3 Å². The summed E-state index contributed by atoms with van der Waals surface area (Å²) < 4.78 is 41.2. The monoisotopic (exact) mass is 290 g/mol. The highest BCUT2D eigenvalue weighted by Gasteiger charge is 2.26. The molecule has 6 heteroatoms. The van der Waals surface area contributed by atoms with Gasteiger partial charge in [-0.25, -0.2) is 4.98 Å². The molecule has 0 fully saturated rings. The molecule has 0 aliphatic rings. The van der Waals surface area contributed by atoms with Crippen molar-refractivity contribution < 1.29 is 17.9 Å². The molecule has 1 rings (SSSR count). The van der Waals surface area contributed by atoms with E-state index in [9.17, 15) is 13.2 Å². The maximum Gasteiger partial charge on any atom is 0.389 e. The summed E-state index contributed by atoms with van der Waals surface area (Å²) in [6.45, 7) is 5.04. The summed E-state index contributed by atoms with van der Waals surface area (Å²) in [6.07, 6.45) is -2.37. The van der Waals surface area contributed by atoms with Crippen molar-refractivity contribution in [3.63, 3.8) is 0 Å². The number of nitrogens with zero attached hydrogens (tertiary/aromatic N) is 1. The molecule has 1 N–H and O–H groups in total. The van der Waals surface area contributed by atoms with Crippen LogP contribution in [-0.2, 0) is 0 Å². The fourth-order valence-corrected chi connectivity index (χ4v) is 1.70. The SMILES string of the molecule is CCCNC(C)c1ccnc(OCCCC(F)(F)F)c1. The minimum absolute atomic E-state index is 0.0206. The topological polar surface area (TPSA) is 34.2 Å². The second-order valence-electron chi connectivity index (χ2n) is 4.67. The molecule has 1 aromatic rings. The quantitative estimate of drug-likeness (QED) is 0.738. The van der Waals surface area contributed by atoms with Gasteiger partial charge < -0.3 is 10.1 Å². The molecule has 0 aromatic carbocycles. The average Bonchev–Trinajstić information content (AvgIpc) is 2.40. The second-order valence-corrected chi connectivity index (χ2v) is 4.67. The van der Waals surface area contributed by atoms with E-state index < -0.39 is 12.6 Å². The number of rotatable bonds is 8. The van der Waals surface area contributed by atoms with Gasteiger partial charge in [0.2, 0.25) is 5.88 Å². The molecule has 0 radical (unpaired) electrons. The van der Waals surface area contributed by atoms with E-state index in [1.807, 2.05) is 13.0 Å². The summed E-state index contributed by atoms with van der Waals surface area (Å²) in [5.74, 6) is 0.370. The average molecular weight is 290 g/mol. The molecule has 114 valence electrons. The van der Waals surface area contributed by atoms with Crippen molar-refractivity contribution in [3.8, 4) is 5.88 Å². The molecule has 0 aliphatic heterocycles. The highest BCUT2D eigenvalue weighted by atomic mass is 19.4. The predicted octanol–water partition coefficient (Wildman–Crippen LogP) is 3.86. The molecule has 1 heterocycles. The van der Waals surface area contributed by atoms with Gasteiger partial charge in [-0.05, 0) is 37.9 Å². The molecule has 20 heavy (non-hydrogen) atoms. The van der Waals surface area contributed by atoms with Crippen molar-refractivity contribution in [2.24, 2.45) is 0 Å². The molecular formula is C14H21F3N2O. The van der Waals surface area contributed by atoms with Crippen LogP contribution in [-0.4, -0.2) is 24.3 Å². The number of pyridine rings is 1. The van der Waals surface area contributed by atoms with Gasteiger partial charge >= 0.3 is 6.18 Å². The lowest BCUT2D eigenvalue weighted by molar-refractivity contribution is -0.136. The summed E-state index contributed by atoms with van der Waals surface area (Å²) >= 11 is 0. The molecule has 1 unspecified atom stereocenters. The third-order valence-corrected chi connectivity index (χ3v) is 2.81. The summed E-state index contributed by atoms with van der Waals surface area (Å²) in [5.41, 5.74) is 1.01. The number of nitrogens with one attached hydrogen (secondary N) is 1. The van der Waals surface area contributed by atoms with E-state index in [0.29, 0.717) is 5.88 Å². The van der Waals surface area contributed by atoms with Gasteiger partial charge in [-0.15, -0.1) is 0 Å². The van der Waals surface area contributed by atoms with E-state index in [-0.39, 0.29) is 19.1 Å². The van der Waals surface area contributed by atoms with Crippen molar-refractivity contribution in [3.05, 3.63) is 23.9 Å². The van der Waals surface area contributed by atoms with Gasteiger partial charge in [-0.1, -0.05) is 6.92 Å². The first-order valence-corrected chi connectivity index (χ1v) is 6.81. The van der Waals surface area contributed by atoms with Crippen LogP contribution < -0.4 is 10.1 Å². The lowest BCUT2D eigenvalue weighted by atomic mass is 10.1. The van der Waals surface area contributed by atoms with Crippen LogP contribution in [0.2, 0.25) is 0 Å². The van der Waals surface area contributed by atoms with Crippen molar-refractivity contribution >= 4 is 0 Å². The Morgan fingerprint density at radius 3 is 2.80 bits per heavy atom. The Bertz CT molecular complexity index is 396. The fourth-order valence-electron chi connectivity index (χ4n) is 1.70. The molecule has 0 amide bonds. The summed E-state index contributed by atoms with van der Waals surface area (Å²) in [7, 11) is 0. The standard InChI is InChI=1S/C14H21F3N2O/c1-3-7-18-11(2)12-5-8-19-13(10-12)20-9-4-6-14(15,16)17/h5,8,10-11,18H,3-4,6-7,9H2,1-2H3. The zero-order valence-corrected chi connectivity index (χ0v) is 11.8. The molecule has 0 saturated heterocycles. The Morgan fingerprint density at radius 2 is 2.15 bits per heavy atom. The van der Waals surface area contributed by atoms with Crippen LogP contribution in [0.15, 0.2) is 18.3 Å². The van der Waals surface area contributed by atoms with E-state index in [1.165, 1.54) is 0 Å². The molecule has 1 aromatic heterocycles. The van der Waals surface area contributed by atoms with Crippen molar-refractivity contribution in [1.82, 2.24) is 10.3 Å². The summed E-state index contributed by atoms with van der Waals surface area (Å²) in [5, 5.41) is 3.33. The van der Waals surface area contributed by atoms with Crippen LogP contribution in [0.1, 0.15) is 44.7 Å². The first kappa shape index (κ1) is 16.8. The number of hydrogen-bond acceptors (Lipinski definition) is 3. The number of aromatic nitrogens is 1. The first-order valence-electron chi connectivity index (χ1n) is 6.81. The summed E-state index contributed by atoms with van der Waals surface area (Å²) in [4.78, 5) is 4.00. The molecular weight excluding hydrogens is 269 g/mol. The largest absolute Gasteiger partial charge is 0.478 e. The van der Waals surface area contributed by atoms with Crippen LogP contribution in [0.5, 0.6) is 5.88 Å². The highest BCUT2D eigenvalue weighted by Crippen LogP contribution is 2.22. The third-order valence-electron chi connectivity index (χ3n) is 2.81. The lowest BCUT2D eigenvalue weighted by Crippen LogP contribution is -2.19. The van der Waals surface area contributed by atoms with Crippen LogP contribution >= 0.6 is 0 Å². The van der Waals surface area contributed by atoms with Crippen LogP contribution in [0.3, 0.4) is 0 Å². The lowest BCUT2D eigenvalue weighted by Gasteiger charge is -2.14. The van der Waals surface area contributed by atoms with E-state index in [1.54, 1.807) is 12.3 Å². The van der Waals surface area contributed by atoms with Crippen molar-refractivity contribution in [2.75, 3.05) is 13.2 Å². The minimum Gasteiger partial charge on any atom is -0.478 e. The van der Waals surface area contributed by atoms with Crippen LogP contribution in [0, 0.1) is 0 Å². The Balaban J connectivity index is 2.43. The fraction of sp³-hybridized carbons (Fsp3) is 0.643. The van der Waals surface area contributed by atoms with Crippen molar-refractivity contribution in [1.29, 1.82) is 0 Å². The van der Waals surface area contributed by atoms with Gasteiger partial charge in [0.05, 0.1) is 6.61 Å². The number of ether oxygens (including phenoxy) is 1. The Hall–Kier alpha value is -1.30. The number of hydrogen-bond donors (Lipinski definition) is 1. The second kappa shape index (κ2) is 8.09. The molecule has 0 aliphatic carbocycles. The van der Waals surface area contributed by atoms with E-state index in [4.69, 9.17) is 4.74 Å². The minimum atomic E-state index is -4.13. The van der Waals surface area contributed by atoms with Gasteiger partial charge in [0.25, 0.3) is 0 Å². The van der Waals surface area contributed by atoms with Gasteiger partial charge in [-0.2, -0.15) is 13.2 Å². The maximum atomic E-state index is 12.0. The molecule has 0 bridgehead atoms. The zero-order valence-electron chi connectivity index (χ0n) is 11.8. The zero-order chi connectivity index (χ0) is 15.0. The highest BCUT2D eigenvalue weighted by molar-refractivity contribution is 5.23. The first-order chi connectivity index (χ1) is 9.42. The normalized spacial score (nSPS) is 13.2. The maximum absolute atomic E-state index is 12.0. The third kappa shape index (κ3) is 6.75. The number of alkyl halides is 3. The van der Waals surface area contributed by atoms with E-state index in [2.05, 4.69) is 17.2 Å². The Morgan fingerprint density at radius 1 is 1.40 bits per heavy atom. The van der Waals surface area contributed by atoms with Crippen LogP contribution in [0.4, 0.5) is 13.2 Å². The summed E-state index contributed by atoms with van der Waals surface area (Å²) in [6, 6.07) is 3.80. The molecule has 3 nitrogen and oxygen atoms in total. The van der Waals surface area contributed by atoms with Gasteiger partial charge in [0.15, 0.2) is 0 Å². The Labute approximate surface area is 117 Å². The van der Waals surface area contributed by atoms with Gasteiger partial charge in [-0.3, -0.25) is 0 Å². The Kier molecular flexibility index (Phi) is 6.78. The van der Waals surface area contributed by atoms with Gasteiger partial charge in [0.1, 0.15) is 0 Å². The smallest absolute Gasteiger partial charge is 0.389 e. The number of halogens is 3. The van der Waals surface area contributed by atoms with E-state index in [0.717, 1.165) is 18.5 Å². The predicted molar refractivity (Wildman–Crippen MR) is 71.7 cm³/mol. The molecule has 0 saturated carbocycles. The molecule has 1 atom stereocenters. The van der Waals surface area contributed by atoms with E-state index >= 15 is 0 Å². The van der Waals surface area contributed by atoms with Gasteiger partial charge in [0, 0.05) is 24.7 Å².